The van der Waals surface area contributed by atoms with Crippen LogP contribution in [-0.2, 0) is 4.79 Å². The molecule has 0 atom stereocenters. The van der Waals surface area contributed by atoms with Crippen molar-refractivity contribution in [2.24, 2.45) is 0 Å². The van der Waals surface area contributed by atoms with Gasteiger partial charge in [0.25, 0.3) is 0 Å². The van der Waals surface area contributed by atoms with E-state index in [9.17, 15) is 4.79 Å². The van der Waals surface area contributed by atoms with Gasteiger partial charge in [-0.2, -0.15) is 0 Å². The van der Waals surface area contributed by atoms with E-state index < -0.39 is 0 Å². The highest BCUT2D eigenvalue weighted by Crippen LogP contribution is 2.40. The Morgan fingerprint density at radius 1 is 1.13 bits per heavy atom. The maximum atomic E-state index is 11.5. The van der Waals surface area contributed by atoms with Crippen LogP contribution >= 0.6 is 23.3 Å². The molecule has 0 aliphatic carbocycles. The zero-order chi connectivity index (χ0) is 20.9. The third-order valence-corrected chi connectivity index (χ3v) is 7.03. The molecule has 156 valence electrons. The number of benzene rings is 2. The average Bonchev–Trinajstić information content (AvgIpc) is 3.24. The van der Waals surface area contributed by atoms with Crippen molar-refractivity contribution >= 4 is 40.6 Å². The zero-order valence-corrected chi connectivity index (χ0v) is 18.7. The Labute approximate surface area is 185 Å². The van der Waals surface area contributed by atoms with Gasteiger partial charge in [0.2, 0.25) is 5.91 Å². The average molecular weight is 440 g/mol. The first kappa shape index (κ1) is 20.9. The summed E-state index contributed by atoms with van der Waals surface area (Å²) in [6, 6.07) is 14.4. The molecule has 8 heteroatoms. The molecule has 0 spiro atoms. The normalized spacial score (nSPS) is 14.5. The third-order valence-electron chi connectivity index (χ3n) is 4.80. The largest absolute Gasteiger partial charge is 0.388 e. The fourth-order valence-corrected chi connectivity index (χ4v) is 5.39. The topological polar surface area (TPSA) is 69.3 Å². The van der Waals surface area contributed by atoms with Gasteiger partial charge in [-0.1, -0.05) is 6.07 Å². The van der Waals surface area contributed by atoms with Crippen molar-refractivity contribution in [1.82, 2.24) is 14.6 Å². The van der Waals surface area contributed by atoms with E-state index >= 15 is 0 Å². The molecular formula is C22H25N5OS2. The van der Waals surface area contributed by atoms with E-state index in [-0.39, 0.29) is 5.91 Å². The molecule has 1 saturated heterocycles. The molecule has 30 heavy (non-hydrogen) atoms. The number of carbonyl (C=O) groups excluding carboxylic acids is 1. The number of nitrogens with one attached hydrogen (secondary N) is 3. The minimum absolute atomic E-state index is 0.0639. The van der Waals surface area contributed by atoms with Gasteiger partial charge >= 0.3 is 0 Å². The number of carbonyl (C=O) groups is 1. The van der Waals surface area contributed by atoms with Gasteiger partial charge in [-0.3, -0.25) is 4.79 Å². The predicted octanol–water partition coefficient (Wildman–Crippen LogP) is 4.39. The molecule has 3 aromatic rings. The standard InChI is InChI=1S/C22H25N5OS2/c1-15(28)26-18-7-8-19(20(13-18)30-27-11-9-24-10-12-27)21-14-25-22(29-21)16-3-5-17(23-2)6-4-16/h3-8,13-14,23-24H,9-12H2,1-2H3,(H,26,28). The first-order valence-corrected chi connectivity index (χ1v) is 11.5. The van der Waals surface area contributed by atoms with E-state index in [0.29, 0.717) is 0 Å². The highest BCUT2D eigenvalue weighted by atomic mass is 32.2. The number of aromatic nitrogens is 1. The summed E-state index contributed by atoms with van der Waals surface area (Å²) < 4.78 is 2.37. The highest BCUT2D eigenvalue weighted by Gasteiger charge is 2.17. The number of rotatable bonds is 6. The van der Waals surface area contributed by atoms with Crippen LogP contribution in [0.15, 0.2) is 53.6 Å². The molecule has 1 fully saturated rings. The van der Waals surface area contributed by atoms with E-state index in [1.807, 2.05) is 19.3 Å². The molecule has 2 aromatic carbocycles. The fourth-order valence-electron chi connectivity index (χ4n) is 3.27. The lowest BCUT2D eigenvalue weighted by Gasteiger charge is -2.26. The molecule has 0 bridgehead atoms. The predicted molar refractivity (Wildman–Crippen MR) is 127 cm³/mol. The third kappa shape index (κ3) is 5.02. The van der Waals surface area contributed by atoms with Gasteiger partial charge in [-0.05, 0) is 48.3 Å². The summed E-state index contributed by atoms with van der Waals surface area (Å²) in [5, 5.41) is 10.4. The minimum atomic E-state index is -0.0639. The summed E-state index contributed by atoms with van der Waals surface area (Å²) >= 11 is 3.44. The van der Waals surface area contributed by atoms with E-state index in [1.165, 1.54) is 6.92 Å². The number of hydrogen-bond acceptors (Lipinski definition) is 7. The van der Waals surface area contributed by atoms with Crippen LogP contribution in [0.25, 0.3) is 21.0 Å². The molecular weight excluding hydrogens is 414 g/mol. The molecule has 0 radical (unpaired) electrons. The van der Waals surface area contributed by atoms with Crippen LogP contribution in [0.4, 0.5) is 11.4 Å². The Bertz CT molecular complexity index is 1010. The van der Waals surface area contributed by atoms with Crippen LogP contribution in [0.1, 0.15) is 6.92 Å². The SMILES string of the molecule is CNc1ccc(-c2ncc(-c3ccc(NC(C)=O)cc3SN3CCNCC3)s2)cc1. The van der Waals surface area contributed by atoms with Gasteiger partial charge in [-0.15, -0.1) is 11.3 Å². The lowest BCUT2D eigenvalue weighted by molar-refractivity contribution is -0.114. The van der Waals surface area contributed by atoms with Gasteiger partial charge in [0, 0.05) is 73.7 Å². The Hall–Kier alpha value is -2.39. The van der Waals surface area contributed by atoms with Gasteiger partial charge in [0.05, 0.1) is 4.88 Å². The number of hydrogen-bond donors (Lipinski definition) is 3. The summed E-state index contributed by atoms with van der Waals surface area (Å²) in [5.41, 5.74) is 4.15. The maximum absolute atomic E-state index is 11.5. The molecule has 0 saturated carbocycles. The van der Waals surface area contributed by atoms with Gasteiger partial charge < -0.3 is 16.0 Å². The summed E-state index contributed by atoms with van der Waals surface area (Å²) in [5.74, 6) is -0.0639. The lowest BCUT2D eigenvalue weighted by atomic mass is 10.2. The molecule has 6 nitrogen and oxygen atoms in total. The highest BCUT2D eigenvalue weighted by molar-refractivity contribution is 7.97. The number of thiazole rings is 1. The molecule has 4 rings (SSSR count). The summed E-state index contributed by atoms with van der Waals surface area (Å²) in [7, 11) is 1.92. The first-order valence-electron chi connectivity index (χ1n) is 9.92. The van der Waals surface area contributed by atoms with Crippen LogP contribution in [0.2, 0.25) is 0 Å². The number of amides is 1. The van der Waals surface area contributed by atoms with Crippen molar-refractivity contribution in [2.75, 3.05) is 43.9 Å². The number of nitrogens with zero attached hydrogens (tertiary/aromatic N) is 2. The molecule has 1 aliphatic heterocycles. The molecule has 1 aromatic heterocycles. The zero-order valence-electron chi connectivity index (χ0n) is 17.1. The van der Waals surface area contributed by atoms with Gasteiger partial charge in [-0.25, -0.2) is 9.29 Å². The maximum Gasteiger partial charge on any atom is 0.221 e. The van der Waals surface area contributed by atoms with Crippen molar-refractivity contribution in [3.63, 3.8) is 0 Å². The van der Waals surface area contributed by atoms with E-state index in [0.717, 1.165) is 63.5 Å². The Kier molecular flexibility index (Phi) is 6.69. The molecule has 3 N–H and O–H groups in total. The Morgan fingerprint density at radius 3 is 2.57 bits per heavy atom. The summed E-state index contributed by atoms with van der Waals surface area (Å²) in [4.78, 5) is 18.4. The van der Waals surface area contributed by atoms with Gasteiger partial charge in [0.1, 0.15) is 5.01 Å². The molecule has 0 unspecified atom stereocenters. The van der Waals surface area contributed by atoms with E-state index in [4.69, 9.17) is 0 Å². The summed E-state index contributed by atoms with van der Waals surface area (Å²) in [6.07, 6.45) is 1.95. The first-order chi connectivity index (χ1) is 14.6. The van der Waals surface area contributed by atoms with Gasteiger partial charge in [0.15, 0.2) is 0 Å². The minimum Gasteiger partial charge on any atom is -0.388 e. The van der Waals surface area contributed by atoms with Crippen molar-refractivity contribution in [3.8, 4) is 21.0 Å². The lowest BCUT2D eigenvalue weighted by Crippen LogP contribution is -2.39. The van der Waals surface area contributed by atoms with Crippen LogP contribution < -0.4 is 16.0 Å². The van der Waals surface area contributed by atoms with Crippen LogP contribution in [0, 0.1) is 0 Å². The fraction of sp³-hybridized carbons (Fsp3) is 0.273. The van der Waals surface area contributed by atoms with Crippen molar-refractivity contribution in [2.45, 2.75) is 11.8 Å². The molecule has 1 aliphatic rings. The quantitative estimate of drug-likeness (QED) is 0.495. The Morgan fingerprint density at radius 2 is 1.87 bits per heavy atom. The second-order valence-corrected chi connectivity index (χ2v) is 9.19. The van der Waals surface area contributed by atoms with Crippen molar-refractivity contribution in [3.05, 3.63) is 48.7 Å². The second kappa shape index (κ2) is 9.61. The smallest absolute Gasteiger partial charge is 0.221 e. The van der Waals surface area contributed by atoms with Crippen molar-refractivity contribution in [1.29, 1.82) is 0 Å². The monoisotopic (exact) mass is 439 g/mol. The van der Waals surface area contributed by atoms with Crippen molar-refractivity contribution < 1.29 is 4.79 Å². The number of anilines is 2. The van der Waals surface area contributed by atoms with Crippen LogP contribution in [-0.4, -0.2) is 48.4 Å². The molecule has 1 amide bonds. The van der Waals surface area contributed by atoms with Crippen LogP contribution in [0.3, 0.4) is 0 Å². The summed E-state index contributed by atoms with van der Waals surface area (Å²) in [6.45, 7) is 5.48. The van der Waals surface area contributed by atoms with Crippen LogP contribution in [0.5, 0.6) is 0 Å². The number of piperazine rings is 1. The van der Waals surface area contributed by atoms with E-state index in [2.05, 4.69) is 61.6 Å². The Balaban J connectivity index is 1.64. The van der Waals surface area contributed by atoms with E-state index in [1.54, 1.807) is 23.3 Å². The molecule has 2 heterocycles. The second-order valence-electron chi connectivity index (χ2n) is 7.02.